The summed E-state index contributed by atoms with van der Waals surface area (Å²) in [4.78, 5) is 0. The van der Waals surface area contributed by atoms with Gasteiger partial charge in [-0.05, 0) is 6.42 Å². The van der Waals surface area contributed by atoms with Crippen molar-refractivity contribution in [2.75, 3.05) is 6.61 Å². The minimum Gasteiger partial charge on any atom is -0.394 e. The zero-order chi connectivity index (χ0) is 13.1. The highest BCUT2D eigenvalue weighted by Crippen LogP contribution is 2.12. The third-order valence-electron chi connectivity index (χ3n) is 3.04. The molecule has 0 rings (SSSR count). The average molecular weight is 248 g/mol. The second-order valence-corrected chi connectivity index (χ2v) is 4.76. The summed E-state index contributed by atoms with van der Waals surface area (Å²) in [5.41, 5.74) is 0. The Hall–Kier alpha value is -0.160. The fraction of sp³-hybridized carbons (Fsp3) is 1.00. The number of hydrogen-bond acceptors (Lipinski definition) is 4. The van der Waals surface area contributed by atoms with E-state index in [-0.39, 0.29) is 6.42 Å². The molecule has 0 heterocycles. The highest BCUT2D eigenvalue weighted by Gasteiger charge is 2.18. The van der Waals surface area contributed by atoms with Crippen molar-refractivity contribution in [2.45, 2.75) is 76.6 Å². The molecule has 0 fully saturated rings. The van der Waals surface area contributed by atoms with E-state index < -0.39 is 24.9 Å². The highest BCUT2D eigenvalue weighted by molar-refractivity contribution is 4.70. The first-order valence-electron chi connectivity index (χ1n) is 6.76. The number of aliphatic hydroxyl groups is 4. The minimum absolute atomic E-state index is 0.136. The van der Waals surface area contributed by atoms with Crippen molar-refractivity contribution in [1.82, 2.24) is 0 Å². The highest BCUT2D eigenvalue weighted by atomic mass is 16.4. The van der Waals surface area contributed by atoms with E-state index in [4.69, 9.17) is 10.2 Å². The monoisotopic (exact) mass is 248 g/mol. The molecule has 3 atom stereocenters. The first-order valence-corrected chi connectivity index (χ1v) is 6.76. The summed E-state index contributed by atoms with van der Waals surface area (Å²) in [6.45, 7) is 1.71. The fourth-order valence-corrected chi connectivity index (χ4v) is 1.84. The van der Waals surface area contributed by atoms with Crippen molar-refractivity contribution in [3.8, 4) is 0 Å². The van der Waals surface area contributed by atoms with Crippen molar-refractivity contribution < 1.29 is 20.4 Å². The predicted octanol–water partition coefficient (Wildman–Crippen LogP) is 1.20. The molecule has 0 bridgehead atoms. The molecule has 0 aromatic heterocycles. The lowest BCUT2D eigenvalue weighted by Crippen LogP contribution is -2.32. The molecule has 3 unspecified atom stereocenters. The molecule has 104 valence electrons. The van der Waals surface area contributed by atoms with Gasteiger partial charge in [0.2, 0.25) is 0 Å². The van der Waals surface area contributed by atoms with Crippen LogP contribution in [0.1, 0.15) is 58.3 Å². The quantitative estimate of drug-likeness (QED) is 0.414. The first-order chi connectivity index (χ1) is 8.11. The summed E-state index contributed by atoms with van der Waals surface area (Å²) in [6, 6.07) is 0. The Labute approximate surface area is 104 Å². The molecule has 4 nitrogen and oxygen atoms in total. The van der Waals surface area contributed by atoms with E-state index in [1.54, 1.807) is 0 Å². The van der Waals surface area contributed by atoms with E-state index in [0.717, 1.165) is 12.8 Å². The van der Waals surface area contributed by atoms with Crippen molar-refractivity contribution in [3.63, 3.8) is 0 Å². The molecule has 0 spiro atoms. The molecule has 0 aliphatic heterocycles. The van der Waals surface area contributed by atoms with Gasteiger partial charge in [-0.15, -0.1) is 0 Å². The van der Waals surface area contributed by atoms with E-state index in [0.29, 0.717) is 6.42 Å². The number of aliphatic hydroxyl groups excluding tert-OH is 4. The Morgan fingerprint density at radius 2 is 1.41 bits per heavy atom. The zero-order valence-electron chi connectivity index (χ0n) is 10.9. The normalized spacial score (nSPS) is 16.8. The Morgan fingerprint density at radius 3 is 2.00 bits per heavy atom. The van der Waals surface area contributed by atoms with Gasteiger partial charge in [0.1, 0.15) is 6.10 Å². The topological polar surface area (TPSA) is 80.9 Å². The van der Waals surface area contributed by atoms with Crippen LogP contribution in [0.2, 0.25) is 0 Å². The largest absolute Gasteiger partial charge is 0.394 e. The summed E-state index contributed by atoms with van der Waals surface area (Å²) < 4.78 is 0. The molecule has 0 saturated heterocycles. The summed E-state index contributed by atoms with van der Waals surface area (Å²) >= 11 is 0. The van der Waals surface area contributed by atoms with Gasteiger partial charge >= 0.3 is 0 Å². The second-order valence-electron chi connectivity index (χ2n) is 4.76. The van der Waals surface area contributed by atoms with Crippen molar-refractivity contribution >= 4 is 0 Å². The maximum Gasteiger partial charge on any atom is 0.103 e. The van der Waals surface area contributed by atoms with Crippen LogP contribution in [0.3, 0.4) is 0 Å². The molecule has 0 aliphatic rings. The van der Waals surface area contributed by atoms with Crippen LogP contribution in [-0.2, 0) is 0 Å². The Kier molecular flexibility index (Phi) is 10.9. The Morgan fingerprint density at radius 1 is 0.824 bits per heavy atom. The van der Waals surface area contributed by atoms with Gasteiger partial charge in [-0.2, -0.15) is 0 Å². The van der Waals surface area contributed by atoms with E-state index >= 15 is 0 Å². The maximum absolute atomic E-state index is 9.61. The number of hydrogen-bond donors (Lipinski definition) is 4. The smallest absolute Gasteiger partial charge is 0.103 e. The lowest BCUT2D eigenvalue weighted by atomic mass is 10.0. The van der Waals surface area contributed by atoms with E-state index in [9.17, 15) is 10.2 Å². The molecular formula is C13H28O4. The van der Waals surface area contributed by atoms with Crippen LogP contribution in [0.5, 0.6) is 0 Å². The van der Waals surface area contributed by atoms with Gasteiger partial charge in [-0.1, -0.05) is 45.4 Å². The lowest BCUT2D eigenvalue weighted by molar-refractivity contribution is -0.0375. The summed E-state index contributed by atoms with van der Waals surface area (Å²) in [5, 5.41) is 36.8. The van der Waals surface area contributed by atoms with E-state index in [2.05, 4.69) is 6.92 Å². The van der Waals surface area contributed by atoms with Crippen molar-refractivity contribution in [1.29, 1.82) is 0 Å². The summed E-state index contributed by atoms with van der Waals surface area (Å²) in [5.74, 6) is 0. The molecule has 17 heavy (non-hydrogen) atoms. The molecule has 0 radical (unpaired) electrons. The summed E-state index contributed by atoms with van der Waals surface area (Å²) in [6.07, 6.45) is 5.03. The molecule has 4 heteroatoms. The number of rotatable bonds is 11. The van der Waals surface area contributed by atoms with Crippen LogP contribution >= 0.6 is 0 Å². The zero-order valence-corrected chi connectivity index (χ0v) is 10.9. The Bertz CT molecular complexity index is 163. The van der Waals surface area contributed by atoms with Gasteiger partial charge in [0.05, 0.1) is 18.8 Å². The van der Waals surface area contributed by atoms with Gasteiger partial charge in [0.15, 0.2) is 0 Å². The van der Waals surface area contributed by atoms with Crippen LogP contribution in [0.4, 0.5) is 0 Å². The predicted molar refractivity (Wildman–Crippen MR) is 67.7 cm³/mol. The maximum atomic E-state index is 9.61. The average Bonchev–Trinajstić information content (AvgIpc) is 2.32. The van der Waals surface area contributed by atoms with Crippen molar-refractivity contribution in [2.24, 2.45) is 0 Å². The second kappa shape index (κ2) is 11.0. The molecular weight excluding hydrogens is 220 g/mol. The third-order valence-corrected chi connectivity index (χ3v) is 3.04. The molecule has 0 saturated carbocycles. The van der Waals surface area contributed by atoms with Gasteiger partial charge in [0.25, 0.3) is 0 Å². The van der Waals surface area contributed by atoms with E-state index in [1.807, 2.05) is 0 Å². The van der Waals surface area contributed by atoms with Gasteiger partial charge < -0.3 is 20.4 Å². The number of unbranched alkanes of at least 4 members (excludes halogenated alkanes) is 5. The molecule has 0 aromatic rings. The minimum atomic E-state index is -1.14. The van der Waals surface area contributed by atoms with Gasteiger partial charge in [-0.25, -0.2) is 0 Å². The first kappa shape index (κ1) is 16.8. The lowest BCUT2D eigenvalue weighted by Gasteiger charge is -2.18. The molecule has 0 aromatic carbocycles. The van der Waals surface area contributed by atoms with Crippen molar-refractivity contribution in [3.05, 3.63) is 0 Å². The van der Waals surface area contributed by atoms with Crippen LogP contribution in [0.25, 0.3) is 0 Å². The van der Waals surface area contributed by atoms with Crippen LogP contribution in [0.15, 0.2) is 0 Å². The molecule has 0 aliphatic carbocycles. The Balaban J connectivity index is 3.42. The van der Waals surface area contributed by atoms with Gasteiger partial charge in [-0.3, -0.25) is 0 Å². The van der Waals surface area contributed by atoms with Crippen LogP contribution < -0.4 is 0 Å². The van der Waals surface area contributed by atoms with Gasteiger partial charge in [0, 0.05) is 6.42 Å². The summed E-state index contributed by atoms with van der Waals surface area (Å²) in [7, 11) is 0. The van der Waals surface area contributed by atoms with Crippen LogP contribution in [0, 0.1) is 0 Å². The third kappa shape index (κ3) is 9.53. The van der Waals surface area contributed by atoms with E-state index in [1.165, 1.54) is 25.7 Å². The molecule has 4 N–H and O–H groups in total. The SMILES string of the molecule is CCCCCCCCC(O)CC(O)C(O)CO. The fourth-order valence-electron chi connectivity index (χ4n) is 1.84. The molecule has 0 amide bonds. The van der Waals surface area contributed by atoms with Crippen LogP contribution in [-0.4, -0.2) is 45.3 Å². The standard InChI is InChI=1S/C13H28O4/c1-2-3-4-5-6-7-8-11(15)9-12(16)13(17)10-14/h11-17H,2-10H2,1H3.